The van der Waals surface area contributed by atoms with Crippen LogP contribution in [0.25, 0.3) is 6.08 Å². The van der Waals surface area contributed by atoms with E-state index in [1.165, 1.54) is 0 Å². The van der Waals surface area contributed by atoms with E-state index < -0.39 is 5.91 Å². The van der Waals surface area contributed by atoms with Crippen LogP contribution in [0.2, 0.25) is 0 Å². The SMILES string of the molecule is CCCOc1ccc(/C=C(\NC(=O)c2ccccc2)C(=O)N/N=C(\C)c2ccccc2)cc1. The van der Waals surface area contributed by atoms with Gasteiger partial charge in [-0.3, -0.25) is 9.59 Å². The van der Waals surface area contributed by atoms with Gasteiger partial charge in [-0.25, -0.2) is 5.43 Å². The second kappa shape index (κ2) is 12.0. The number of ether oxygens (including phenoxy) is 1. The van der Waals surface area contributed by atoms with Crippen LogP contribution in [0, 0.1) is 0 Å². The van der Waals surface area contributed by atoms with Gasteiger partial charge >= 0.3 is 0 Å². The molecule has 3 aromatic carbocycles. The van der Waals surface area contributed by atoms with Gasteiger partial charge in [0.1, 0.15) is 11.4 Å². The van der Waals surface area contributed by atoms with Gasteiger partial charge in [0.05, 0.1) is 12.3 Å². The molecular weight excluding hydrogens is 414 g/mol. The highest BCUT2D eigenvalue weighted by atomic mass is 16.5. The average molecular weight is 442 g/mol. The van der Waals surface area contributed by atoms with Crippen molar-refractivity contribution < 1.29 is 14.3 Å². The summed E-state index contributed by atoms with van der Waals surface area (Å²) >= 11 is 0. The molecule has 0 aliphatic carbocycles. The molecule has 3 rings (SSSR count). The van der Waals surface area contributed by atoms with Gasteiger partial charge in [0.25, 0.3) is 11.8 Å². The lowest BCUT2D eigenvalue weighted by Crippen LogP contribution is -2.33. The van der Waals surface area contributed by atoms with E-state index in [1.54, 1.807) is 37.3 Å². The lowest BCUT2D eigenvalue weighted by molar-refractivity contribution is -0.117. The van der Waals surface area contributed by atoms with Crippen molar-refractivity contribution in [3.63, 3.8) is 0 Å². The fourth-order valence-corrected chi connectivity index (χ4v) is 2.93. The van der Waals surface area contributed by atoms with Crippen LogP contribution in [0.5, 0.6) is 5.75 Å². The van der Waals surface area contributed by atoms with Gasteiger partial charge in [0, 0.05) is 5.56 Å². The minimum absolute atomic E-state index is 0.0793. The summed E-state index contributed by atoms with van der Waals surface area (Å²) in [5, 5.41) is 6.89. The van der Waals surface area contributed by atoms with Crippen molar-refractivity contribution in [2.24, 2.45) is 5.10 Å². The zero-order valence-electron chi connectivity index (χ0n) is 18.7. The zero-order valence-corrected chi connectivity index (χ0v) is 18.7. The molecule has 0 spiro atoms. The van der Waals surface area contributed by atoms with Crippen LogP contribution in [0.4, 0.5) is 0 Å². The molecule has 0 saturated carbocycles. The van der Waals surface area contributed by atoms with Crippen LogP contribution in [0.3, 0.4) is 0 Å². The van der Waals surface area contributed by atoms with Crippen molar-refractivity contribution >= 4 is 23.6 Å². The largest absolute Gasteiger partial charge is 0.494 e. The third-order valence-electron chi connectivity index (χ3n) is 4.71. The molecule has 0 aliphatic heterocycles. The van der Waals surface area contributed by atoms with E-state index in [-0.39, 0.29) is 11.6 Å². The van der Waals surface area contributed by atoms with Crippen LogP contribution in [-0.2, 0) is 4.79 Å². The second-order valence-corrected chi connectivity index (χ2v) is 7.30. The molecule has 0 radical (unpaired) electrons. The minimum atomic E-state index is -0.527. The number of carbonyl (C=O) groups excluding carboxylic acids is 2. The van der Waals surface area contributed by atoms with Crippen molar-refractivity contribution in [2.45, 2.75) is 20.3 Å². The molecule has 0 atom stereocenters. The number of hydrazone groups is 1. The summed E-state index contributed by atoms with van der Waals surface area (Å²) in [7, 11) is 0. The molecule has 0 saturated heterocycles. The molecule has 0 aliphatic rings. The normalized spacial score (nSPS) is 11.6. The Kier molecular flexibility index (Phi) is 8.54. The number of carbonyl (C=O) groups is 2. The van der Waals surface area contributed by atoms with Crippen LogP contribution < -0.4 is 15.5 Å². The molecular formula is C27H27N3O3. The Balaban J connectivity index is 1.82. The Bertz CT molecular complexity index is 1120. The summed E-state index contributed by atoms with van der Waals surface area (Å²) in [6.07, 6.45) is 2.52. The molecule has 6 nitrogen and oxygen atoms in total. The topological polar surface area (TPSA) is 79.8 Å². The van der Waals surface area contributed by atoms with E-state index in [1.807, 2.05) is 67.6 Å². The first-order valence-electron chi connectivity index (χ1n) is 10.8. The van der Waals surface area contributed by atoms with E-state index in [2.05, 4.69) is 15.8 Å². The molecule has 0 aromatic heterocycles. The number of benzene rings is 3. The third-order valence-corrected chi connectivity index (χ3v) is 4.71. The number of nitrogens with one attached hydrogen (secondary N) is 2. The van der Waals surface area contributed by atoms with Gasteiger partial charge in [-0.1, -0.05) is 67.6 Å². The van der Waals surface area contributed by atoms with Crippen molar-refractivity contribution in [2.75, 3.05) is 6.61 Å². The van der Waals surface area contributed by atoms with Gasteiger partial charge in [-0.15, -0.1) is 0 Å². The summed E-state index contributed by atoms with van der Waals surface area (Å²) in [6, 6.07) is 25.5. The summed E-state index contributed by atoms with van der Waals surface area (Å²) in [4.78, 5) is 25.6. The molecule has 2 N–H and O–H groups in total. The number of amides is 2. The van der Waals surface area contributed by atoms with Gasteiger partial charge in [-0.05, 0) is 54.8 Å². The highest BCUT2D eigenvalue weighted by Gasteiger charge is 2.14. The zero-order chi connectivity index (χ0) is 23.5. The fourth-order valence-electron chi connectivity index (χ4n) is 2.93. The first-order chi connectivity index (χ1) is 16.1. The van der Waals surface area contributed by atoms with Crippen LogP contribution in [-0.4, -0.2) is 24.1 Å². The standard InChI is InChI=1S/C27H27N3O3/c1-3-18-33-24-16-14-21(15-17-24)19-25(28-26(31)23-12-8-5-9-13-23)27(32)30-29-20(2)22-10-6-4-7-11-22/h4-17,19H,3,18H2,1-2H3,(H,28,31)(H,30,32)/b25-19-,29-20+. The average Bonchev–Trinajstić information content (AvgIpc) is 2.87. The summed E-state index contributed by atoms with van der Waals surface area (Å²) in [5.74, 6) is -0.166. The van der Waals surface area contributed by atoms with Crippen LogP contribution in [0.1, 0.15) is 41.8 Å². The maximum Gasteiger partial charge on any atom is 0.287 e. The number of hydrogen-bond donors (Lipinski definition) is 2. The number of rotatable bonds is 9. The fraction of sp³-hybridized carbons (Fsp3) is 0.148. The molecule has 0 bridgehead atoms. The highest BCUT2D eigenvalue weighted by Crippen LogP contribution is 2.15. The first kappa shape index (κ1) is 23.5. The van der Waals surface area contributed by atoms with Gasteiger partial charge < -0.3 is 10.1 Å². The van der Waals surface area contributed by atoms with Gasteiger partial charge in [-0.2, -0.15) is 5.10 Å². The Morgan fingerprint density at radius 2 is 1.48 bits per heavy atom. The Morgan fingerprint density at radius 1 is 0.879 bits per heavy atom. The summed E-state index contributed by atoms with van der Waals surface area (Å²) < 4.78 is 5.60. The highest BCUT2D eigenvalue weighted by molar-refractivity contribution is 6.06. The third kappa shape index (κ3) is 7.18. The maximum atomic E-state index is 12.9. The van der Waals surface area contributed by atoms with E-state index >= 15 is 0 Å². The van der Waals surface area contributed by atoms with E-state index in [9.17, 15) is 9.59 Å². The first-order valence-corrected chi connectivity index (χ1v) is 10.8. The van der Waals surface area contributed by atoms with Crippen LogP contribution >= 0.6 is 0 Å². The van der Waals surface area contributed by atoms with Crippen molar-refractivity contribution in [1.29, 1.82) is 0 Å². The van der Waals surface area contributed by atoms with Crippen LogP contribution in [0.15, 0.2) is 95.7 Å². The van der Waals surface area contributed by atoms with Crippen molar-refractivity contribution in [1.82, 2.24) is 10.7 Å². The number of hydrogen-bond acceptors (Lipinski definition) is 4. The maximum absolute atomic E-state index is 12.9. The molecule has 0 unspecified atom stereocenters. The summed E-state index contributed by atoms with van der Waals surface area (Å²) in [5.41, 5.74) is 5.34. The lowest BCUT2D eigenvalue weighted by atomic mass is 10.1. The molecule has 0 fully saturated rings. The van der Waals surface area contributed by atoms with Crippen molar-refractivity contribution in [3.8, 4) is 5.75 Å². The molecule has 2 amide bonds. The monoisotopic (exact) mass is 441 g/mol. The predicted octanol–water partition coefficient (Wildman–Crippen LogP) is 4.79. The van der Waals surface area contributed by atoms with Gasteiger partial charge in [0.2, 0.25) is 0 Å². The Labute approximate surface area is 194 Å². The van der Waals surface area contributed by atoms with E-state index in [0.717, 1.165) is 23.3 Å². The molecule has 168 valence electrons. The number of nitrogens with zero attached hydrogens (tertiary/aromatic N) is 1. The lowest BCUT2D eigenvalue weighted by Gasteiger charge is -2.10. The van der Waals surface area contributed by atoms with Crippen molar-refractivity contribution in [3.05, 3.63) is 107 Å². The molecule has 3 aromatic rings. The minimum Gasteiger partial charge on any atom is -0.494 e. The summed E-state index contributed by atoms with van der Waals surface area (Å²) in [6.45, 7) is 4.48. The smallest absolute Gasteiger partial charge is 0.287 e. The predicted molar refractivity (Wildman–Crippen MR) is 131 cm³/mol. The second-order valence-electron chi connectivity index (χ2n) is 7.30. The Morgan fingerprint density at radius 3 is 2.09 bits per heavy atom. The molecule has 6 heteroatoms. The van der Waals surface area contributed by atoms with E-state index in [4.69, 9.17) is 4.74 Å². The Hall–Kier alpha value is -4.19. The van der Waals surface area contributed by atoms with Gasteiger partial charge in [0.15, 0.2) is 0 Å². The quantitative estimate of drug-likeness (QED) is 0.285. The molecule has 0 heterocycles. The molecule has 33 heavy (non-hydrogen) atoms. The van der Waals surface area contributed by atoms with E-state index in [0.29, 0.717) is 17.9 Å².